The molecule has 17 heavy (non-hydrogen) atoms. The Hall–Kier alpha value is -1.54. The predicted molar refractivity (Wildman–Crippen MR) is 67.2 cm³/mol. The van der Waals surface area contributed by atoms with Gasteiger partial charge in [-0.1, -0.05) is 18.2 Å². The van der Waals surface area contributed by atoms with E-state index < -0.39 is 0 Å². The van der Waals surface area contributed by atoms with E-state index in [4.69, 9.17) is 16.3 Å². The highest BCUT2D eigenvalue weighted by atomic mass is 35.5. The molecule has 0 atom stereocenters. The maximum Gasteiger partial charge on any atom is 0.133 e. The van der Waals surface area contributed by atoms with Gasteiger partial charge in [-0.2, -0.15) is 0 Å². The molecular formula is C14H12ClFO. The third-order valence-corrected chi connectivity index (χ3v) is 2.74. The van der Waals surface area contributed by atoms with Crippen molar-refractivity contribution >= 4 is 11.6 Å². The first-order valence-electron chi connectivity index (χ1n) is 5.28. The summed E-state index contributed by atoms with van der Waals surface area (Å²) in [4.78, 5) is 0. The first-order valence-corrected chi connectivity index (χ1v) is 5.81. The Morgan fingerprint density at radius 3 is 2.76 bits per heavy atom. The molecule has 1 nitrogen and oxygen atoms in total. The number of hydrogen-bond acceptors (Lipinski definition) is 1. The Labute approximate surface area is 105 Å². The van der Waals surface area contributed by atoms with E-state index in [2.05, 4.69) is 0 Å². The number of hydrogen-bond donors (Lipinski definition) is 0. The van der Waals surface area contributed by atoms with Crippen LogP contribution in [0.4, 0.5) is 4.39 Å². The number of benzene rings is 2. The molecule has 2 aromatic carbocycles. The van der Waals surface area contributed by atoms with E-state index in [9.17, 15) is 4.39 Å². The van der Waals surface area contributed by atoms with Crippen LogP contribution < -0.4 is 4.74 Å². The summed E-state index contributed by atoms with van der Waals surface area (Å²) < 4.78 is 18.7. The van der Waals surface area contributed by atoms with Crippen LogP contribution in [0.2, 0.25) is 0 Å². The molecule has 0 heterocycles. The van der Waals surface area contributed by atoms with Crippen molar-refractivity contribution in [3.8, 4) is 11.5 Å². The first kappa shape index (κ1) is 11.9. The minimum atomic E-state index is -0.306. The lowest BCUT2D eigenvalue weighted by Gasteiger charge is -2.09. The summed E-state index contributed by atoms with van der Waals surface area (Å²) >= 11 is 5.74. The van der Waals surface area contributed by atoms with Crippen LogP contribution in [0.5, 0.6) is 11.5 Å². The molecule has 0 aliphatic rings. The van der Waals surface area contributed by atoms with Gasteiger partial charge in [-0.05, 0) is 36.2 Å². The molecule has 0 unspecified atom stereocenters. The highest BCUT2D eigenvalue weighted by molar-refractivity contribution is 6.17. The van der Waals surface area contributed by atoms with E-state index in [1.165, 1.54) is 12.1 Å². The highest BCUT2D eigenvalue weighted by Crippen LogP contribution is 2.26. The van der Waals surface area contributed by atoms with Gasteiger partial charge in [0.2, 0.25) is 0 Å². The van der Waals surface area contributed by atoms with Crippen molar-refractivity contribution in [2.45, 2.75) is 12.8 Å². The fraction of sp³-hybridized carbons (Fsp3) is 0.143. The molecular weight excluding hydrogens is 239 g/mol. The van der Waals surface area contributed by atoms with Gasteiger partial charge < -0.3 is 4.74 Å². The van der Waals surface area contributed by atoms with E-state index in [-0.39, 0.29) is 5.82 Å². The van der Waals surface area contributed by atoms with Gasteiger partial charge in [0.1, 0.15) is 17.3 Å². The molecule has 0 aromatic heterocycles. The molecule has 2 rings (SSSR count). The lowest BCUT2D eigenvalue weighted by atomic mass is 10.2. The molecule has 2 aromatic rings. The van der Waals surface area contributed by atoms with Crippen molar-refractivity contribution in [1.82, 2.24) is 0 Å². The van der Waals surface area contributed by atoms with Crippen LogP contribution in [0.1, 0.15) is 11.1 Å². The largest absolute Gasteiger partial charge is 0.457 e. The fourth-order valence-corrected chi connectivity index (χ4v) is 1.67. The van der Waals surface area contributed by atoms with E-state index in [0.717, 1.165) is 11.1 Å². The van der Waals surface area contributed by atoms with Crippen LogP contribution in [-0.4, -0.2) is 0 Å². The molecule has 0 spiro atoms. The van der Waals surface area contributed by atoms with Crippen molar-refractivity contribution in [3.63, 3.8) is 0 Å². The summed E-state index contributed by atoms with van der Waals surface area (Å²) in [6.45, 7) is 1.88. The summed E-state index contributed by atoms with van der Waals surface area (Å²) in [5.41, 5.74) is 1.86. The van der Waals surface area contributed by atoms with Crippen LogP contribution in [0.15, 0.2) is 42.5 Å². The molecule has 0 N–H and O–H groups in total. The molecule has 0 radical (unpaired) electrons. The third kappa shape index (κ3) is 2.98. The molecule has 0 aliphatic carbocycles. The summed E-state index contributed by atoms with van der Waals surface area (Å²) in [6.07, 6.45) is 0. The quantitative estimate of drug-likeness (QED) is 0.720. The van der Waals surface area contributed by atoms with Gasteiger partial charge >= 0.3 is 0 Å². The summed E-state index contributed by atoms with van der Waals surface area (Å²) in [5.74, 6) is 1.31. The molecule has 0 amide bonds. The molecule has 0 saturated carbocycles. The van der Waals surface area contributed by atoms with Gasteiger partial charge in [0.25, 0.3) is 0 Å². The van der Waals surface area contributed by atoms with Crippen LogP contribution in [0.3, 0.4) is 0 Å². The second-order valence-electron chi connectivity index (χ2n) is 3.79. The van der Waals surface area contributed by atoms with Crippen molar-refractivity contribution in [1.29, 1.82) is 0 Å². The van der Waals surface area contributed by atoms with E-state index >= 15 is 0 Å². The number of ether oxygens (including phenoxy) is 1. The zero-order chi connectivity index (χ0) is 12.3. The molecule has 3 heteroatoms. The lowest BCUT2D eigenvalue weighted by molar-refractivity contribution is 0.472. The average molecular weight is 251 g/mol. The number of aryl methyl sites for hydroxylation is 1. The van der Waals surface area contributed by atoms with Gasteiger partial charge in [-0.15, -0.1) is 11.6 Å². The zero-order valence-corrected chi connectivity index (χ0v) is 10.2. The first-order chi connectivity index (χ1) is 8.19. The topological polar surface area (TPSA) is 9.23 Å². The summed E-state index contributed by atoms with van der Waals surface area (Å²) in [6, 6.07) is 11.9. The molecule has 0 saturated heterocycles. The molecule has 0 fully saturated rings. The van der Waals surface area contributed by atoms with Crippen LogP contribution in [0.25, 0.3) is 0 Å². The van der Waals surface area contributed by atoms with Gasteiger partial charge in [-0.25, -0.2) is 4.39 Å². The average Bonchev–Trinajstić information content (AvgIpc) is 2.34. The fourth-order valence-electron chi connectivity index (χ4n) is 1.50. The Kier molecular flexibility index (Phi) is 3.64. The standard InChI is InChI=1S/C14H12ClFO/c1-10-5-6-12(16)8-14(10)17-13-4-2-3-11(7-13)9-15/h2-8H,9H2,1H3. The maximum absolute atomic E-state index is 13.1. The minimum absolute atomic E-state index is 0.306. The van der Waals surface area contributed by atoms with Crippen molar-refractivity contribution in [2.24, 2.45) is 0 Å². The van der Waals surface area contributed by atoms with Crippen LogP contribution in [0, 0.1) is 12.7 Å². The Morgan fingerprint density at radius 1 is 1.18 bits per heavy atom. The molecule has 88 valence electrons. The monoisotopic (exact) mass is 250 g/mol. The van der Waals surface area contributed by atoms with E-state index in [0.29, 0.717) is 17.4 Å². The van der Waals surface area contributed by atoms with Gasteiger partial charge in [0, 0.05) is 11.9 Å². The number of alkyl halides is 1. The van der Waals surface area contributed by atoms with Crippen molar-refractivity contribution < 1.29 is 9.13 Å². The second-order valence-corrected chi connectivity index (χ2v) is 4.06. The van der Waals surface area contributed by atoms with Crippen LogP contribution >= 0.6 is 11.6 Å². The third-order valence-electron chi connectivity index (χ3n) is 2.43. The smallest absolute Gasteiger partial charge is 0.133 e. The molecule has 0 bridgehead atoms. The van der Waals surface area contributed by atoms with Crippen molar-refractivity contribution in [2.75, 3.05) is 0 Å². The Bertz CT molecular complexity index is 525. The number of rotatable bonds is 3. The summed E-state index contributed by atoms with van der Waals surface area (Å²) in [5, 5.41) is 0. The summed E-state index contributed by atoms with van der Waals surface area (Å²) in [7, 11) is 0. The van der Waals surface area contributed by atoms with Gasteiger partial charge in [0.05, 0.1) is 0 Å². The van der Waals surface area contributed by atoms with Gasteiger partial charge in [-0.3, -0.25) is 0 Å². The SMILES string of the molecule is Cc1ccc(F)cc1Oc1cccc(CCl)c1. The minimum Gasteiger partial charge on any atom is -0.457 e. The van der Waals surface area contributed by atoms with Crippen LogP contribution in [-0.2, 0) is 5.88 Å². The predicted octanol–water partition coefficient (Wildman–Crippen LogP) is 4.67. The van der Waals surface area contributed by atoms with Crippen molar-refractivity contribution in [3.05, 3.63) is 59.4 Å². The normalized spacial score (nSPS) is 10.3. The Morgan fingerprint density at radius 2 is 2.00 bits per heavy atom. The van der Waals surface area contributed by atoms with E-state index in [1.54, 1.807) is 6.07 Å². The highest BCUT2D eigenvalue weighted by Gasteiger charge is 2.03. The van der Waals surface area contributed by atoms with E-state index in [1.807, 2.05) is 31.2 Å². The van der Waals surface area contributed by atoms with Gasteiger partial charge in [0.15, 0.2) is 0 Å². The number of halogens is 2. The maximum atomic E-state index is 13.1. The zero-order valence-electron chi connectivity index (χ0n) is 9.41. The lowest BCUT2D eigenvalue weighted by Crippen LogP contribution is -1.89. The second kappa shape index (κ2) is 5.19. The molecule has 0 aliphatic heterocycles. The Balaban J connectivity index is 2.27.